The van der Waals surface area contributed by atoms with Crippen LogP contribution in [0.1, 0.15) is 12.0 Å². The minimum absolute atomic E-state index is 0.194. The lowest BCUT2D eigenvalue weighted by Gasteiger charge is -2.18. The van der Waals surface area contributed by atoms with Crippen LogP contribution in [-0.2, 0) is 0 Å². The van der Waals surface area contributed by atoms with E-state index < -0.39 is 12.7 Å². The van der Waals surface area contributed by atoms with Gasteiger partial charge in [0.2, 0.25) is 0 Å². The van der Waals surface area contributed by atoms with Gasteiger partial charge in [0.25, 0.3) is 0 Å². The highest BCUT2D eigenvalue weighted by Gasteiger charge is 2.34. The van der Waals surface area contributed by atoms with Crippen LogP contribution in [0.2, 0.25) is 0 Å². The molecule has 3 N–H and O–H groups in total. The largest absolute Gasteiger partial charge is 0.401 e. The number of aromatic nitrogens is 1. The number of halogens is 3. The zero-order chi connectivity index (χ0) is 14.8. The van der Waals surface area contributed by atoms with Crippen LogP contribution in [0.4, 0.5) is 24.7 Å². The van der Waals surface area contributed by atoms with Crippen molar-refractivity contribution < 1.29 is 13.2 Å². The zero-order valence-corrected chi connectivity index (χ0v) is 11.4. The number of anilines is 2. The van der Waals surface area contributed by atoms with Gasteiger partial charge in [-0.2, -0.15) is 13.2 Å². The third kappa shape index (κ3) is 4.26. The predicted octanol–water partition coefficient (Wildman–Crippen LogP) is 2.27. The van der Waals surface area contributed by atoms with Gasteiger partial charge in [-0.3, -0.25) is 4.90 Å². The number of nitrogen functional groups attached to an aromatic ring is 1. The van der Waals surface area contributed by atoms with Gasteiger partial charge in [0.15, 0.2) is 0 Å². The monoisotopic (exact) mass is 288 g/mol. The fourth-order valence-electron chi connectivity index (χ4n) is 2.46. The van der Waals surface area contributed by atoms with E-state index in [0.29, 0.717) is 31.1 Å². The lowest BCUT2D eigenvalue weighted by atomic mass is 10.1. The van der Waals surface area contributed by atoms with Gasteiger partial charge in [-0.05, 0) is 37.4 Å². The smallest absolute Gasteiger partial charge is 0.396 e. The molecule has 112 valence electrons. The molecule has 1 atom stereocenters. The Labute approximate surface area is 116 Å². The summed E-state index contributed by atoms with van der Waals surface area (Å²) in [4.78, 5) is 5.63. The van der Waals surface area contributed by atoms with Crippen LogP contribution in [0.3, 0.4) is 0 Å². The van der Waals surface area contributed by atoms with Crippen molar-refractivity contribution in [1.82, 2.24) is 9.88 Å². The minimum Gasteiger partial charge on any atom is -0.396 e. The molecular formula is C13H19F3N4. The van der Waals surface area contributed by atoms with Crippen LogP contribution in [0.25, 0.3) is 0 Å². The van der Waals surface area contributed by atoms with Crippen LogP contribution in [0.15, 0.2) is 12.3 Å². The number of nitrogens with zero attached hydrogens (tertiary/aromatic N) is 2. The van der Waals surface area contributed by atoms with Gasteiger partial charge in [-0.25, -0.2) is 4.98 Å². The molecule has 0 saturated carbocycles. The summed E-state index contributed by atoms with van der Waals surface area (Å²) in [6, 6.07) is 1.82. The molecule has 0 radical (unpaired) electrons. The van der Waals surface area contributed by atoms with Gasteiger partial charge < -0.3 is 11.1 Å². The van der Waals surface area contributed by atoms with Gasteiger partial charge in [-0.15, -0.1) is 0 Å². The second-order valence-corrected chi connectivity index (χ2v) is 5.34. The van der Waals surface area contributed by atoms with Crippen LogP contribution in [-0.4, -0.2) is 42.2 Å². The fraction of sp³-hybridized carbons (Fsp3) is 0.615. The Bertz CT molecular complexity index is 461. The summed E-state index contributed by atoms with van der Waals surface area (Å²) < 4.78 is 36.9. The number of likely N-dealkylation sites (tertiary alicyclic amines) is 1. The van der Waals surface area contributed by atoms with Gasteiger partial charge in [0.05, 0.1) is 12.2 Å². The third-order valence-corrected chi connectivity index (χ3v) is 3.38. The standard InChI is InChI=1S/C13H19F3N4/c1-9-4-11(17)12(18-5-9)19-6-10-2-3-20(7-10)8-13(14,15)16/h4-5,10H,2-3,6-8,17H2,1H3,(H,18,19). The van der Waals surface area contributed by atoms with Crippen molar-refractivity contribution in [1.29, 1.82) is 0 Å². The number of rotatable bonds is 4. The van der Waals surface area contributed by atoms with Crippen molar-refractivity contribution in [2.45, 2.75) is 19.5 Å². The summed E-state index contributed by atoms with van der Waals surface area (Å²) in [6.07, 6.45) is -1.65. The van der Waals surface area contributed by atoms with Crippen molar-refractivity contribution >= 4 is 11.5 Å². The molecular weight excluding hydrogens is 269 g/mol. The highest BCUT2D eigenvalue weighted by Crippen LogP contribution is 2.23. The molecule has 1 unspecified atom stereocenters. The molecule has 0 amide bonds. The van der Waals surface area contributed by atoms with E-state index in [1.165, 1.54) is 4.90 Å². The summed E-state index contributed by atoms with van der Waals surface area (Å²) in [5.41, 5.74) is 7.37. The van der Waals surface area contributed by atoms with E-state index in [0.717, 1.165) is 12.0 Å². The molecule has 4 nitrogen and oxygen atoms in total. The van der Waals surface area contributed by atoms with E-state index in [-0.39, 0.29) is 5.92 Å². The maximum atomic E-state index is 12.3. The molecule has 1 aliphatic heterocycles. The minimum atomic E-state index is -4.12. The number of hydrogen-bond donors (Lipinski definition) is 2. The van der Waals surface area contributed by atoms with Crippen molar-refractivity contribution in [3.05, 3.63) is 17.8 Å². The number of alkyl halides is 3. The van der Waals surface area contributed by atoms with Crippen molar-refractivity contribution in [3.8, 4) is 0 Å². The number of nitrogens with one attached hydrogen (secondary N) is 1. The molecule has 1 aromatic rings. The first-order chi connectivity index (χ1) is 9.33. The maximum Gasteiger partial charge on any atom is 0.401 e. The second kappa shape index (κ2) is 5.87. The molecule has 1 saturated heterocycles. The molecule has 0 bridgehead atoms. The average molecular weight is 288 g/mol. The van der Waals surface area contributed by atoms with Crippen LogP contribution in [0.5, 0.6) is 0 Å². The van der Waals surface area contributed by atoms with Crippen LogP contribution < -0.4 is 11.1 Å². The Morgan fingerprint density at radius 1 is 1.50 bits per heavy atom. The SMILES string of the molecule is Cc1cnc(NCC2CCN(CC(F)(F)F)C2)c(N)c1. The molecule has 1 fully saturated rings. The first-order valence-electron chi connectivity index (χ1n) is 6.58. The topological polar surface area (TPSA) is 54.2 Å². The van der Waals surface area contributed by atoms with E-state index in [1.54, 1.807) is 6.20 Å². The van der Waals surface area contributed by atoms with Crippen molar-refractivity contribution in [2.75, 3.05) is 37.2 Å². The average Bonchev–Trinajstić information content (AvgIpc) is 2.73. The Hall–Kier alpha value is -1.50. The summed E-state index contributed by atoms with van der Waals surface area (Å²) >= 11 is 0. The molecule has 0 spiro atoms. The number of hydrogen-bond acceptors (Lipinski definition) is 4. The molecule has 0 aromatic carbocycles. The van der Waals surface area contributed by atoms with Crippen molar-refractivity contribution in [2.24, 2.45) is 5.92 Å². The van der Waals surface area contributed by atoms with Gasteiger partial charge in [0, 0.05) is 19.3 Å². The van der Waals surface area contributed by atoms with E-state index in [4.69, 9.17) is 5.73 Å². The summed E-state index contributed by atoms with van der Waals surface area (Å²) in [5, 5.41) is 3.12. The van der Waals surface area contributed by atoms with E-state index in [2.05, 4.69) is 10.3 Å². The Kier molecular flexibility index (Phi) is 4.37. The first-order valence-corrected chi connectivity index (χ1v) is 6.58. The van der Waals surface area contributed by atoms with Gasteiger partial charge in [-0.1, -0.05) is 0 Å². The summed E-state index contributed by atoms with van der Waals surface area (Å²) in [7, 11) is 0. The molecule has 0 aliphatic carbocycles. The quantitative estimate of drug-likeness (QED) is 0.892. The first kappa shape index (κ1) is 14.9. The second-order valence-electron chi connectivity index (χ2n) is 5.34. The highest BCUT2D eigenvalue weighted by molar-refractivity contribution is 5.61. The lowest BCUT2D eigenvalue weighted by Crippen LogP contribution is -2.33. The third-order valence-electron chi connectivity index (χ3n) is 3.38. The molecule has 20 heavy (non-hydrogen) atoms. The molecule has 1 aliphatic rings. The zero-order valence-electron chi connectivity index (χ0n) is 11.4. The predicted molar refractivity (Wildman–Crippen MR) is 72.5 cm³/mol. The summed E-state index contributed by atoms with van der Waals surface area (Å²) in [5.74, 6) is 0.796. The number of pyridine rings is 1. The van der Waals surface area contributed by atoms with Gasteiger partial charge >= 0.3 is 6.18 Å². The Morgan fingerprint density at radius 3 is 2.90 bits per heavy atom. The fourth-order valence-corrected chi connectivity index (χ4v) is 2.46. The van der Waals surface area contributed by atoms with Crippen molar-refractivity contribution in [3.63, 3.8) is 0 Å². The molecule has 7 heteroatoms. The van der Waals surface area contributed by atoms with Crippen LogP contribution >= 0.6 is 0 Å². The number of aryl methyl sites for hydroxylation is 1. The van der Waals surface area contributed by atoms with Crippen LogP contribution in [0, 0.1) is 12.8 Å². The number of nitrogens with two attached hydrogens (primary N) is 1. The van der Waals surface area contributed by atoms with Gasteiger partial charge in [0.1, 0.15) is 5.82 Å². The Balaban J connectivity index is 1.81. The molecule has 2 heterocycles. The van der Waals surface area contributed by atoms with E-state index in [9.17, 15) is 13.2 Å². The summed E-state index contributed by atoms with van der Waals surface area (Å²) in [6.45, 7) is 2.61. The normalized spacial score (nSPS) is 20.3. The molecule has 2 rings (SSSR count). The lowest BCUT2D eigenvalue weighted by molar-refractivity contribution is -0.143. The Morgan fingerprint density at radius 2 is 2.25 bits per heavy atom. The molecule has 1 aromatic heterocycles. The highest BCUT2D eigenvalue weighted by atomic mass is 19.4. The maximum absolute atomic E-state index is 12.3. The van der Waals surface area contributed by atoms with E-state index in [1.807, 2.05) is 13.0 Å². The van der Waals surface area contributed by atoms with E-state index >= 15 is 0 Å².